The average molecular weight is 258 g/mol. The summed E-state index contributed by atoms with van der Waals surface area (Å²) in [6.07, 6.45) is 1.71. The van der Waals surface area contributed by atoms with Crippen molar-refractivity contribution in [2.75, 3.05) is 19.1 Å². The maximum Gasteiger partial charge on any atom is 0.128 e. The minimum absolute atomic E-state index is 0.0303. The van der Waals surface area contributed by atoms with Gasteiger partial charge in [-0.15, -0.1) is 0 Å². The second-order valence-electron chi connectivity index (χ2n) is 4.39. The van der Waals surface area contributed by atoms with Gasteiger partial charge in [0.2, 0.25) is 0 Å². The average Bonchev–Trinajstić information content (AvgIpc) is 2.47. The Morgan fingerprint density at radius 3 is 2.79 bits per heavy atom. The van der Waals surface area contributed by atoms with E-state index in [1.54, 1.807) is 13.3 Å². The minimum atomic E-state index is 0.0303. The molecule has 0 spiro atoms. The molecule has 0 unspecified atom stereocenters. The molecule has 0 amide bonds. The van der Waals surface area contributed by atoms with Gasteiger partial charge in [-0.25, -0.2) is 4.98 Å². The highest BCUT2D eigenvalue weighted by molar-refractivity contribution is 5.41. The van der Waals surface area contributed by atoms with E-state index in [1.165, 1.54) is 0 Å². The van der Waals surface area contributed by atoms with Gasteiger partial charge in [0.25, 0.3) is 0 Å². The number of aromatic nitrogens is 1. The van der Waals surface area contributed by atoms with E-state index in [-0.39, 0.29) is 6.61 Å². The predicted octanol–water partition coefficient (Wildman–Crippen LogP) is 2.22. The van der Waals surface area contributed by atoms with Crippen molar-refractivity contribution in [1.29, 1.82) is 0 Å². The lowest BCUT2D eigenvalue weighted by atomic mass is 10.2. The van der Waals surface area contributed by atoms with Crippen LogP contribution < -0.4 is 9.64 Å². The summed E-state index contributed by atoms with van der Waals surface area (Å²) in [5.41, 5.74) is 2.01. The molecule has 0 atom stereocenters. The first-order valence-corrected chi connectivity index (χ1v) is 6.13. The number of rotatable bonds is 5. The fraction of sp³-hybridized carbons (Fsp3) is 0.267. The van der Waals surface area contributed by atoms with Crippen LogP contribution in [0, 0.1) is 0 Å². The van der Waals surface area contributed by atoms with Gasteiger partial charge in [0.1, 0.15) is 11.6 Å². The van der Waals surface area contributed by atoms with E-state index < -0.39 is 0 Å². The van der Waals surface area contributed by atoms with Gasteiger partial charge >= 0.3 is 0 Å². The highest BCUT2D eigenvalue weighted by Gasteiger charge is 2.05. The van der Waals surface area contributed by atoms with E-state index in [0.29, 0.717) is 0 Å². The monoisotopic (exact) mass is 258 g/mol. The second-order valence-corrected chi connectivity index (χ2v) is 4.39. The Kier molecular flexibility index (Phi) is 4.36. The Morgan fingerprint density at radius 1 is 1.21 bits per heavy atom. The zero-order valence-corrected chi connectivity index (χ0v) is 11.2. The molecule has 0 bridgehead atoms. The first-order chi connectivity index (χ1) is 9.22. The van der Waals surface area contributed by atoms with Gasteiger partial charge in [-0.05, 0) is 35.4 Å². The largest absolute Gasteiger partial charge is 0.497 e. The van der Waals surface area contributed by atoms with Gasteiger partial charge in [0, 0.05) is 19.8 Å². The molecule has 0 radical (unpaired) electrons. The van der Waals surface area contributed by atoms with E-state index in [9.17, 15) is 0 Å². The highest BCUT2D eigenvalue weighted by Crippen LogP contribution is 2.17. The molecule has 0 aliphatic heterocycles. The zero-order valence-electron chi connectivity index (χ0n) is 11.2. The molecule has 2 rings (SSSR count). The maximum atomic E-state index is 9.14. The summed E-state index contributed by atoms with van der Waals surface area (Å²) in [6.45, 7) is 0.765. The van der Waals surface area contributed by atoms with Crippen molar-refractivity contribution in [3.05, 3.63) is 53.7 Å². The smallest absolute Gasteiger partial charge is 0.128 e. The summed E-state index contributed by atoms with van der Waals surface area (Å²) in [5, 5.41) is 9.14. The number of pyridine rings is 1. The number of hydrogen-bond acceptors (Lipinski definition) is 4. The lowest BCUT2D eigenvalue weighted by Crippen LogP contribution is -2.17. The van der Waals surface area contributed by atoms with E-state index in [1.807, 2.05) is 42.3 Å². The highest BCUT2D eigenvalue weighted by atomic mass is 16.5. The molecule has 1 aromatic carbocycles. The molecule has 0 aliphatic carbocycles. The van der Waals surface area contributed by atoms with E-state index >= 15 is 0 Å². The van der Waals surface area contributed by atoms with Crippen molar-refractivity contribution in [1.82, 2.24) is 4.98 Å². The fourth-order valence-electron chi connectivity index (χ4n) is 1.89. The molecular weight excluding hydrogens is 240 g/mol. The third-order valence-electron chi connectivity index (χ3n) is 2.94. The normalized spacial score (nSPS) is 10.3. The topological polar surface area (TPSA) is 45.6 Å². The molecule has 0 saturated heterocycles. The molecule has 1 N–H and O–H groups in total. The Bertz CT molecular complexity index is 543. The van der Waals surface area contributed by atoms with Crippen LogP contribution in [0.2, 0.25) is 0 Å². The lowest BCUT2D eigenvalue weighted by Gasteiger charge is -2.19. The van der Waals surface area contributed by atoms with Gasteiger partial charge in [0.05, 0.1) is 13.7 Å². The van der Waals surface area contributed by atoms with Crippen LogP contribution in [0.5, 0.6) is 5.75 Å². The summed E-state index contributed by atoms with van der Waals surface area (Å²) in [5.74, 6) is 1.69. The molecular formula is C15H18N2O2. The number of anilines is 1. The van der Waals surface area contributed by atoms with Crippen LogP contribution in [-0.2, 0) is 13.2 Å². The van der Waals surface area contributed by atoms with Crippen LogP contribution in [0.3, 0.4) is 0 Å². The Labute approximate surface area is 113 Å². The molecule has 1 heterocycles. The summed E-state index contributed by atoms with van der Waals surface area (Å²) in [7, 11) is 3.64. The van der Waals surface area contributed by atoms with Crippen LogP contribution in [-0.4, -0.2) is 24.2 Å². The maximum absolute atomic E-state index is 9.14. The summed E-state index contributed by atoms with van der Waals surface area (Å²) >= 11 is 0. The third kappa shape index (κ3) is 3.45. The van der Waals surface area contributed by atoms with Crippen LogP contribution in [0.1, 0.15) is 11.1 Å². The first-order valence-electron chi connectivity index (χ1n) is 6.13. The van der Waals surface area contributed by atoms with Gasteiger partial charge in [-0.3, -0.25) is 0 Å². The van der Waals surface area contributed by atoms with Crippen molar-refractivity contribution in [3.63, 3.8) is 0 Å². The van der Waals surface area contributed by atoms with Crippen LogP contribution in [0.25, 0.3) is 0 Å². The molecule has 0 aliphatic rings. The standard InChI is InChI=1S/C15H18N2O2/c1-17(15-9-13(11-18)6-7-16-15)10-12-4-3-5-14(8-12)19-2/h3-9,18H,10-11H2,1-2H3. The Balaban J connectivity index is 2.13. The number of hydrogen-bond donors (Lipinski definition) is 1. The molecule has 0 fully saturated rings. The van der Waals surface area contributed by atoms with Crippen molar-refractivity contribution in [2.24, 2.45) is 0 Å². The van der Waals surface area contributed by atoms with Gasteiger partial charge in [0.15, 0.2) is 0 Å². The van der Waals surface area contributed by atoms with Gasteiger partial charge < -0.3 is 14.7 Å². The molecule has 2 aromatic rings. The summed E-state index contributed by atoms with van der Waals surface area (Å²) < 4.78 is 5.21. The molecule has 0 saturated carbocycles. The quantitative estimate of drug-likeness (QED) is 0.893. The van der Waals surface area contributed by atoms with Crippen LogP contribution in [0.4, 0.5) is 5.82 Å². The van der Waals surface area contributed by atoms with Crippen molar-refractivity contribution in [2.45, 2.75) is 13.2 Å². The Hall–Kier alpha value is -2.07. The van der Waals surface area contributed by atoms with Crippen LogP contribution >= 0.6 is 0 Å². The van der Waals surface area contributed by atoms with E-state index in [0.717, 1.165) is 29.2 Å². The fourth-order valence-corrected chi connectivity index (χ4v) is 1.89. The number of nitrogens with zero attached hydrogens (tertiary/aromatic N) is 2. The Morgan fingerprint density at radius 2 is 2.05 bits per heavy atom. The first kappa shape index (κ1) is 13.4. The molecule has 1 aromatic heterocycles. The molecule has 4 nitrogen and oxygen atoms in total. The number of methoxy groups -OCH3 is 1. The van der Waals surface area contributed by atoms with Gasteiger partial charge in [-0.1, -0.05) is 12.1 Å². The predicted molar refractivity (Wildman–Crippen MR) is 75.3 cm³/mol. The number of ether oxygens (including phenoxy) is 1. The number of aliphatic hydroxyl groups excluding tert-OH is 1. The van der Waals surface area contributed by atoms with E-state index in [2.05, 4.69) is 11.1 Å². The zero-order chi connectivity index (χ0) is 13.7. The van der Waals surface area contributed by atoms with Crippen molar-refractivity contribution in [3.8, 4) is 5.75 Å². The van der Waals surface area contributed by atoms with Crippen LogP contribution in [0.15, 0.2) is 42.6 Å². The minimum Gasteiger partial charge on any atom is -0.497 e. The SMILES string of the molecule is COc1cccc(CN(C)c2cc(CO)ccn2)c1. The van der Waals surface area contributed by atoms with Crippen molar-refractivity contribution < 1.29 is 9.84 Å². The lowest BCUT2D eigenvalue weighted by molar-refractivity contribution is 0.281. The second kappa shape index (κ2) is 6.20. The van der Waals surface area contributed by atoms with E-state index in [4.69, 9.17) is 9.84 Å². The summed E-state index contributed by atoms with van der Waals surface area (Å²) in [6, 6.07) is 11.7. The molecule has 4 heteroatoms. The van der Waals surface area contributed by atoms with Gasteiger partial charge in [-0.2, -0.15) is 0 Å². The molecule has 19 heavy (non-hydrogen) atoms. The van der Waals surface area contributed by atoms with Crippen molar-refractivity contribution >= 4 is 5.82 Å². The number of aliphatic hydroxyl groups is 1. The number of benzene rings is 1. The third-order valence-corrected chi connectivity index (χ3v) is 2.94. The summed E-state index contributed by atoms with van der Waals surface area (Å²) in [4.78, 5) is 6.35. The molecule has 100 valence electrons.